The van der Waals surface area contributed by atoms with Crippen LogP contribution in [0.1, 0.15) is 38.2 Å². The number of hydrogen-bond donors (Lipinski definition) is 1. The Hall–Kier alpha value is -1.59. The number of aliphatic imine (C=N–C) groups is 1. The summed E-state index contributed by atoms with van der Waals surface area (Å²) < 4.78 is 0. The molecule has 1 aromatic rings. The number of likely N-dealkylation sites (N-methyl/N-ethyl adjacent to an activating group) is 1. The van der Waals surface area contributed by atoms with Crippen molar-refractivity contribution in [2.24, 2.45) is 10.9 Å². The van der Waals surface area contributed by atoms with E-state index in [2.05, 4.69) is 69.2 Å². The lowest BCUT2D eigenvalue weighted by Crippen LogP contribution is -2.51. The standard InChI is InChI=1S/C23H39N5/c1-4-20-19-28(13-11-22(20)21-9-7-6-8-10-21)23(24-3)25-12-14-27-17-15-26(5-2)16-18-27/h6-10,20,22H,4-5,11-19H2,1-3H3,(H,24,25). The molecule has 3 rings (SSSR count). The van der Waals surface area contributed by atoms with E-state index in [-0.39, 0.29) is 0 Å². The largest absolute Gasteiger partial charge is 0.355 e. The van der Waals surface area contributed by atoms with Crippen molar-refractivity contribution in [3.8, 4) is 0 Å². The molecule has 2 saturated heterocycles. The molecule has 2 fully saturated rings. The Bertz CT molecular complexity index is 594. The molecule has 2 aliphatic rings. The van der Waals surface area contributed by atoms with Gasteiger partial charge in [0.1, 0.15) is 0 Å². The summed E-state index contributed by atoms with van der Waals surface area (Å²) in [5.74, 6) is 2.45. The Morgan fingerprint density at radius 2 is 1.75 bits per heavy atom. The predicted octanol–water partition coefficient (Wildman–Crippen LogP) is 2.72. The van der Waals surface area contributed by atoms with Crippen molar-refractivity contribution >= 4 is 5.96 Å². The van der Waals surface area contributed by atoms with Gasteiger partial charge in [0, 0.05) is 59.4 Å². The van der Waals surface area contributed by atoms with Crippen LogP contribution in [0.4, 0.5) is 0 Å². The zero-order valence-corrected chi connectivity index (χ0v) is 18.1. The van der Waals surface area contributed by atoms with E-state index in [9.17, 15) is 0 Å². The molecule has 2 unspecified atom stereocenters. The molecule has 5 nitrogen and oxygen atoms in total. The zero-order valence-electron chi connectivity index (χ0n) is 18.1. The molecule has 156 valence electrons. The fourth-order valence-electron chi connectivity index (χ4n) is 4.76. The molecule has 1 aromatic carbocycles. The molecule has 0 amide bonds. The molecule has 0 aromatic heterocycles. The van der Waals surface area contributed by atoms with Gasteiger partial charge in [-0.3, -0.25) is 9.89 Å². The minimum absolute atomic E-state index is 0.676. The van der Waals surface area contributed by atoms with E-state index in [4.69, 9.17) is 0 Å². The SMILES string of the molecule is CCC1CN(C(=NC)NCCN2CCN(CC)CC2)CCC1c1ccccc1. The topological polar surface area (TPSA) is 34.1 Å². The first-order chi connectivity index (χ1) is 13.7. The minimum atomic E-state index is 0.676. The van der Waals surface area contributed by atoms with E-state index < -0.39 is 0 Å². The van der Waals surface area contributed by atoms with Gasteiger partial charge in [-0.1, -0.05) is 50.6 Å². The van der Waals surface area contributed by atoms with Crippen LogP contribution in [-0.4, -0.2) is 86.6 Å². The second-order valence-corrected chi connectivity index (χ2v) is 8.17. The average Bonchev–Trinajstić information content (AvgIpc) is 2.77. The Labute approximate surface area is 171 Å². The molecule has 0 spiro atoms. The lowest BCUT2D eigenvalue weighted by atomic mass is 9.79. The number of guanidine groups is 1. The van der Waals surface area contributed by atoms with E-state index in [1.54, 1.807) is 0 Å². The van der Waals surface area contributed by atoms with Gasteiger partial charge in [0.05, 0.1) is 0 Å². The van der Waals surface area contributed by atoms with Crippen molar-refractivity contribution in [3.63, 3.8) is 0 Å². The number of piperazine rings is 1. The van der Waals surface area contributed by atoms with Gasteiger partial charge < -0.3 is 15.1 Å². The van der Waals surface area contributed by atoms with Crippen molar-refractivity contribution < 1.29 is 0 Å². The number of benzene rings is 1. The number of hydrogen-bond acceptors (Lipinski definition) is 3. The lowest BCUT2D eigenvalue weighted by molar-refractivity contribution is 0.138. The highest BCUT2D eigenvalue weighted by Gasteiger charge is 2.30. The van der Waals surface area contributed by atoms with Crippen LogP contribution in [0.25, 0.3) is 0 Å². The summed E-state index contributed by atoms with van der Waals surface area (Å²) >= 11 is 0. The first kappa shape index (κ1) is 21.1. The van der Waals surface area contributed by atoms with Crippen LogP contribution in [0.15, 0.2) is 35.3 Å². The van der Waals surface area contributed by atoms with Crippen molar-refractivity contribution in [1.29, 1.82) is 0 Å². The highest BCUT2D eigenvalue weighted by atomic mass is 15.3. The van der Waals surface area contributed by atoms with E-state index in [0.29, 0.717) is 11.8 Å². The molecular formula is C23H39N5. The summed E-state index contributed by atoms with van der Waals surface area (Å²) in [5, 5.41) is 3.63. The number of piperidine rings is 1. The lowest BCUT2D eigenvalue weighted by Gasteiger charge is -2.40. The molecule has 0 saturated carbocycles. The average molecular weight is 386 g/mol. The van der Waals surface area contributed by atoms with Gasteiger partial charge in [0.2, 0.25) is 0 Å². The minimum Gasteiger partial charge on any atom is -0.355 e. The Balaban J connectivity index is 1.47. The van der Waals surface area contributed by atoms with Gasteiger partial charge in [0.25, 0.3) is 0 Å². The molecule has 2 aliphatic heterocycles. The van der Waals surface area contributed by atoms with Gasteiger partial charge in [-0.15, -0.1) is 0 Å². The van der Waals surface area contributed by atoms with Crippen LogP contribution in [0.2, 0.25) is 0 Å². The van der Waals surface area contributed by atoms with Gasteiger partial charge in [0.15, 0.2) is 5.96 Å². The van der Waals surface area contributed by atoms with Crippen LogP contribution in [-0.2, 0) is 0 Å². The van der Waals surface area contributed by atoms with Crippen LogP contribution < -0.4 is 5.32 Å². The van der Waals surface area contributed by atoms with Gasteiger partial charge in [-0.05, 0) is 30.4 Å². The first-order valence-electron chi connectivity index (χ1n) is 11.2. The summed E-state index contributed by atoms with van der Waals surface area (Å²) in [6.45, 7) is 14.8. The van der Waals surface area contributed by atoms with E-state index >= 15 is 0 Å². The van der Waals surface area contributed by atoms with Crippen molar-refractivity contribution in [3.05, 3.63) is 35.9 Å². The number of nitrogens with one attached hydrogen (secondary N) is 1. The molecule has 1 N–H and O–H groups in total. The highest BCUT2D eigenvalue weighted by Crippen LogP contribution is 2.34. The summed E-state index contributed by atoms with van der Waals surface area (Å²) in [6, 6.07) is 11.1. The summed E-state index contributed by atoms with van der Waals surface area (Å²) in [4.78, 5) is 12.2. The quantitative estimate of drug-likeness (QED) is 0.603. The molecule has 28 heavy (non-hydrogen) atoms. The Morgan fingerprint density at radius 3 is 2.39 bits per heavy atom. The zero-order chi connectivity index (χ0) is 19.8. The highest BCUT2D eigenvalue weighted by molar-refractivity contribution is 5.80. The predicted molar refractivity (Wildman–Crippen MR) is 119 cm³/mol. The van der Waals surface area contributed by atoms with Crippen LogP contribution in [0, 0.1) is 5.92 Å². The first-order valence-corrected chi connectivity index (χ1v) is 11.2. The van der Waals surface area contributed by atoms with Gasteiger partial charge in [-0.25, -0.2) is 0 Å². The summed E-state index contributed by atoms with van der Waals surface area (Å²) in [5.41, 5.74) is 1.50. The Kier molecular flexibility index (Phi) is 8.16. The maximum Gasteiger partial charge on any atom is 0.193 e. The van der Waals surface area contributed by atoms with Crippen LogP contribution in [0.3, 0.4) is 0 Å². The van der Waals surface area contributed by atoms with Gasteiger partial charge >= 0.3 is 0 Å². The molecule has 0 radical (unpaired) electrons. The fraction of sp³-hybridized carbons (Fsp3) is 0.696. The number of rotatable bonds is 6. The third kappa shape index (κ3) is 5.48. The van der Waals surface area contributed by atoms with Crippen molar-refractivity contribution in [1.82, 2.24) is 20.0 Å². The number of likely N-dealkylation sites (tertiary alicyclic amines) is 1. The third-order valence-electron chi connectivity index (χ3n) is 6.62. The second kappa shape index (κ2) is 10.8. The monoisotopic (exact) mass is 385 g/mol. The molecular weight excluding hydrogens is 346 g/mol. The maximum absolute atomic E-state index is 4.59. The molecule has 5 heteroatoms. The second-order valence-electron chi connectivity index (χ2n) is 8.17. The van der Waals surface area contributed by atoms with Gasteiger partial charge in [-0.2, -0.15) is 0 Å². The summed E-state index contributed by atoms with van der Waals surface area (Å²) in [6.07, 6.45) is 2.43. The van der Waals surface area contributed by atoms with E-state index in [0.717, 1.165) is 32.1 Å². The number of nitrogens with zero attached hydrogens (tertiary/aromatic N) is 4. The van der Waals surface area contributed by atoms with E-state index in [1.165, 1.54) is 51.1 Å². The maximum atomic E-state index is 4.59. The van der Waals surface area contributed by atoms with E-state index in [1.807, 2.05) is 7.05 Å². The fourth-order valence-corrected chi connectivity index (χ4v) is 4.76. The summed E-state index contributed by atoms with van der Waals surface area (Å²) in [7, 11) is 1.92. The van der Waals surface area contributed by atoms with Crippen LogP contribution in [0.5, 0.6) is 0 Å². The molecule has 0 aliphatic carbocycles. The van der Waals surface area contributed by atoms with Crippen molar-refractivity contribution in [2.75, 3.05) is 66.0 Å². The molecule has 2 heterocycles. The Morgan fingerprint density at radius 1 is 1.04 bits per heavy atom. The third-order valence-corrected chi connectivity index (χ3v) is 6.62. The normalized spacial score (nSPS) is 25.1. The van der Waals surface area contributed by atoms with Crippen molar-refractivity contribution in [2.45, 2.75) is 32.6 Å². The smallest absolute Gasteiger partial charge is 0.193 e. The van der Waals surface area contributed by atoms with Crippen LogP contribution >= 0.6 is 0 Å². The molecule has 0 bridgehead atoms. The molecule has 2 atom stereocenters.